The first-order chi connectivity index (χ1) is 11.8. The lowest BCUT2D eigenvalue weighted by Crippen LogP contribution is -2.12. The van der Waals surface area contributed by atoms with Gasteiger partial charge in [0.15, 0.2) is 5.75 Å². The van der Waals surface area contributed by atoms with Crippen molar-refractivity contribution in [2.75, 3.05) is 11.0 Å². The molecule has 2 aromatic rings. The predicted molar refractivity (Wildman–Crippen MR) is 81.4 cm³/mol. The minimum Gasteiger partial charge on any atom is -0.455 e. The first kappa shape index (κ1) is 19.9. The smallest absolute Gasteiger partial charge is 0.416 e. The highest BCUT2D eigenvalue weighted by atomic mass is 32.2. The third-order valence-electron chi connectivity index (χ3n) is 3.01. The maximum Gasteiger partial charge on any atom is 0.416 e. The molecule has 0 bridgehead atoms. The Hall–Kier alpha value is -2.43. The molecule has 11 heteroatoms. The Morgan fingerprint density at radius 1 is 0.846 bits per heavy atom. The van der Waals surface area contributed by atoms with Crippen LogP contribution in [0.5, 0.6) is 11.5 Å². The van der Waals surface area contributed by atoms with Gasteiger partial charge in [-0.15, -0.1) is 0 Å². The second-order valence-electron chi connectivity index (χ2n) is 5.21. The van der Waals surface area contributed by atoms with Crippen LogP contribution in [-0.2, 0) is 22.4 Å². The van der Waals surface area contributed by atoms with E-state index in [4.69, 9.17) is 4.74 Å². The fourth-order valence-electron chi connectivity index (χ4n) is 1.91. The number of benzene rings is 2. The van der Waals surface area contributed by atoms with Gasteiger partial charge in [-0.05, 0) is 42.5 Å². The van der Waals surface area contributed by atoms with E-state index in [-0.39, 0.29) is 11.5 Å². The quantitative estimate of drug-likeness (QED) is 0.745. The van der Waals surface area contributed by atoms with Crippen LogP contribution in [-0.4, -0.2) is 14.7 Å². The summed E-state index contributed by atoms with van der Waals surface area (Å²) in [6.07, 6.45) is -8.55. The van der Waals surface area contributed by atoms with E-state index in [0.717, 1.165) is 36.6 Å². The van der Waals surface area contributed by atoms with Gasteiger partial charge in [0.05, 0.1) is 23.1 Å². The summed E-state index contributed by atoms with van der Waals surface area (Å²) in [6.45, 7) is 0. The van der Waals surface area contributed by atoms with E-state index in [1.165, 1.54) is 0 Å². The van der Waals surface area contributed by atoms with Crippen molar-refractivity contribution in [3.8, 4) is 11.5 Å². The molecular weight excluding hydrogens is 388 g/mol. The number of sulfonamides is 1. The summed E-state index contributed by atoms with van der Waals surface area (Å²) in [7, 11) is -3.93. The van der Waals surface area contributed by atoms with Gasteiger partial charge in [0.25, 0.3) is 0 Å². The maximum atomic E-state index is 12.8. The minimum atomic E-state index is -4.72. The van der Waals surface area contributed by atoms with Gasteiger partial charge in [-0.25, -0.2) is 8.42 Å². The molecule has 0 spiro atoms. The van der Waals surface area contributed by atoms with E-state index in [2.05, 4.69) is 0 Å². The molecule has 0 atom stereocenters. The second kappa shape index (κ2) is 6.71. The maximum absolute atomic E-state index is 12.8. The molecule has 0 aliphatic heterocycles. The molecule has 0 heterocycles. The SMILES string of the molecule is CS(=O)(=O)Nc1cc(C(F)(F)F)ccc1Oc1ccc(C(F)(F)F)cc1. The lowest BCUT2D eigenvalue weighted by Gasteiger charge is -2.15. The second-order valence-corrected chi connectivity index (χ2v) is 6.96. The predicted octanol–water partition coefficient (Wildman–Crippen LogP) is 4.89. The topological polar surface area (TPSA) is 55.4 Å². The fraction of sp³-hybridized carbons (Fsp3) is 0.200. The number of rotatable bonds is 4. The molecule has 0 aliphatic rings. The Balaban J connectivity index is 2.39. The fourth-order valence-corrected chi connectivity index (χ4v) is 2.47. The summed E-state index contributed by atoms with van der Waals surface area (Å²) < 4.78 is 106. The van der Waals surface area contributed by atoms with Crippen LogP contribution in [0.3, 0.4) is 0 Å². The van der Waals surface area contributed by atoms with Gasteiger partial charge in [-0.2, -0.15) is 26.3 Å². The number of halogens is 6. The van der Waals surface area contributed by atoms with Gasteiger partial charge < -0.3 is 4.74 Å². The third kappa shape index (κ3) is 5.28. The Kier molecular flexibility index (Phi) is 5.13. The summed E-state index contributed by atoms with van der Waals surface area (Å²) in [6, 6.07) is 5.43. The molecule has 0 radical (unpaired) electrons. The van der Waals surface area contributed by atoms with E-state index in [9.17, 15) is 34.8 Å². The molecule has 2 aromatic carbocycles. The Labute approximate surface area is 144 Å². The van der Waals surface area contributed by atoms with Crippen molar-refractivity contribution in [2.45, 2.75) is 12.4 Å². The van der Waals surface area contributed by atoms with Gasteiger partial charge in [0.2, 0.25) is 10.0 Å². The van der Waals surface area contributed by atoms with Crippen molar-refractivity contribution in [2.24, 2.45) is 0 Å². The van der Waals surface area contributed by atoms with Gasteiger partial charge in [-0.1, -0.05) is 0 Å². The van der Waals surface area contributed by atoms with Crippen molar-refractivity contribution < 1.29 is 39.5 Å². The Morgan fingerprint density at radius 3 is 1.81 bits per heavy atom. The number of hydrogen-bond donors (Lipinski definition) is 1. The highest BCUT2D eigenvalue weighted by Gasteiger charge is 2.32. The average Bonchev–Trinajstić information content (AvgIpc) is 2.46. The molecule has 0 aromatic heterocycles. The summed E-state index contributed by atoms with van der Waals surface area (Å²) in [4.78, 5) is 0. The van der Waals surface area contributed by atoms with Crippen LogP contribution in [0, 0.1) is 0 Å². The molecule has 0 saturated carbocycles. The number of hydrogen-bond acceptors (Lipinski definition) is 3. The van der Waals surface area contributed by atoms with Gasteiger partial charge in [0.1, 0.15) is 5.75 Å². The number of anilines is 1. The van der Waals surface area contributed by atoms with Gasteiger partial charge in [-0.3, -0.25) is 4.72 Å². The zero-order valence-corrected chi connectivity index (χ0v) is 13.8. The molecule has 142 valence electrons. The summed E-state index contributed by atoms with van der Waals surface area (Å²) in [5.41, 5.74) is -2.56. The van der Waals surface area contributed by atoms with Crippen molar-refractivity contribution in [1.82, 2.24) is 0 Å². The van der Waals surface area contributed by atoms with Gasteiger partial charge >= 0.3 is 12.4 Å². The molecule has 4 nitrogen and oxygen atoms in total. The van der Waals surface area contributed by atoms with Crippen molar-refractivity contribution in [1.29, 1.82) is 0 Å². The highest BCUT2D eigenvalue weighted by Crippen LogP contribution is 2.38. The van der Waals surface area contributed by atoms with Crippen molar-refractivity contribution >= 4 is 15.7 Å². The lowest BCUT2D eigenvalue weighted by molar-refractivity contribution is -0.138. The molecule has 1 N–H and O–H groups in total. The first-order valence-corrected chi connectivity index (χ1v) is 8.69. The first-order valence-electron chi connectivity index (χ1n) is 6.80. The number of nitrogens with one attached hydrogen (secondary N) is 1. The number of ether oxygens (including phenoxy) is 1. The van der Waals surface area contributed by atoms with E-state index in [1.807, 2.05) is 4.72 Å². The van der Waals surface area contributed by atoms with Gasteiger partial charge in [0, 0.05) is 0 Å². The minimum absolute atomic E-state index is 0.116. The number of alkyl halides is 6. The molecular formula is C15H11F6NO3S. The third-order valence-corrected chi connectivity index (χ3v) is 3.60. The highest BCUT2D eigenvalue weighted by molar-refractivity contribution is 7.92. The van der Waals surface area contributed by atoms with Crippen LogP contribution in [0.15, 0.2) is 42.5 Å². The molecule has 2 rings (SSSR count). The summed E-state index contributed by atoms with van der Waals surface area (Å²) >= 11 is 0. The standard InChI is InChI=1S/C15H11F6NO3S/c1-26(23,24)22-12-8-10(15(19,20)21)4-7-13(12)25-11-5-2-9(3-6-11)14(16,17)18/h2-8,22H,1H3. The van der Waals surface area contributed by atoms with Crippen LogP contribution < -0.4 is 9.46 Å². The normalized spacial score (nSPS) is 12.7. The molecule has 0 saturated heterocycles. The Morgan fingerprint density at radius 2 is 1.35 bits per heavy atom. The lowest BCUT2D eigenvalue weighted by atomic mass is 10.2. The van der Waals surface area contributed by atoms with E-state index < -0.39 is 39.2 Å². The molecule has 0 fully saturated rings. The van der Waals surface area contributed by atoms with Crippen molar-refractivity contribution in [3.63, 3.8) is 0 Å². The zero-order chi connectivity index (χ0) is 19.8. The molecule has 26 heavy (non-hydrogen) atoms. The average molecular weight is 399 g/mol. The van der Waals surface area contributed by atoms with Crippen LogP contribution in [0.1, 0.15) is 11.1 Å². The molecule has 0 amide bonds. The van der Waals surface area contributed by atoms with Crippen LogP contribution in [0.4, 0.5) is 32.0 Å². The van der Waals surface area contributed by atoms with Crippen molar-refractivity contribution in [3.05, 3.63) is 53.6 Å². The largest absolute Gasteiger partial charge is 0.455 e. The summed E-state index contributed by atoms with van der Waals surface area (Å²) in [5, 5.41) is 0. The van der Waals surface area contributed by atoms with E-state index >= 15 is 0 Å². The molecule has 0 aliphatic carbocycles. The molecule has 0 unspecified atom stereocenters. The van der Waals surface area contributed by atoms with Crippen LogP contribution >= 0.6 is 0 Å². The summed E-state index contributed by atoms with van der Waals surface area (Å²) in [5.74, 6) is -0.419. The van der Waals surface area contributed by atoms with Crippen LogP contribution in [0.2, 0.25) is 0 Å². The van der Waals surface area contributed by atoms with Crippen LogP contribution in [0.25, 0.3) is 0 Å². The zero-order valence-electron chi connectivity index (χ0n) is 12.9. The van der Waals surface area contributed by atoms with E-state index in [1.54, 1.807) is 0 Å². The Bertz CT molecular complexity index is 889. The van der Waals surface area contributed by atoms with E-state index in [0.29, 0.717) is 12.1 Å². The monoisotopic (exact) mass is 399 g/mol.